The summed E-state index contributed by atoms with van der Waals surface area (Å²) in [6.07, 6.45) is 0.620. The summed E-state index contributed by atoms with van der Waals surface area (Å²) in [5.74, 6) is -3.94. The van der Waals surface area contributed by atoms with E-state index in [9.17, 15) is 29.4 Å². The molecule has 1 rings (SSSR count). The molecular formula is C21H32N4O7S. The Hall–Kier alpha value is -2.83. The van der Waals surface area contributed by atoms with Crippen LogP contribution in [0.4, 0.5) is 0 Å². The van der Waals surface area contributed by atoms with Crippen molar-refractivity contribution in [3.63, 3.8) is 0 Å². The van der Waals surface area contributed by atoms with Crippen molar-refractivity contribution in [2.24, 2.45) is 11.7 Å². The number of aliphatic carboxylic acids is 1. The van der Waals surface area contributed by atoms with Crippen LogP contribution in [0.3, 0.4) is 0 Å². The zero-order valence-electron chi connectivity index (χ0n) is 18.5. The van der Waals surface area contributed by atoms with Crippen LogP contribution in [0.1, 0.15) is 25.8 Å². The van der Waals surface area contributed by atoms with E-state index < -0.39 is 54.5 Å². The molecule has 5 unspecified atom stereocenters. The molecular weight excluding hydrogens is 452 g/mol. The maximum atomic E-state index is 12.7. The second-order valence-electron chi connectivity index (χ2n) is 7.67. The van der Waals surface area contributed by atoms with Crippen molar-refractivity contribution in [3.8, 4) is 5.75 Å². The van der Waals surface area contributed by atoms with Crippen LogP contribution in [0.25, 0.3) is 0 Å². The first-order valence-electron chi connectivity index (χ1n) is 10.4. The minimum Gasteiger partial charge on any atom is -0.508 e. The fourth-order valence-electron chi connectivity index (χ4n) is 2.85. The number of hydrogen-bond acceptors (Lipinski definition) is 8. The van der Waals surface area contributed by atoms with Gasteiger partial charge in [-0.2, -0.15) is 12.6 Å². The van der Waals surface area contributed by atoms with Crippen molar-refractivity contribution in [2.45, 2.75) is 50.9 Å². The van der Waals surface area contributed by atoms with E-state index in [4.69, 9.17) is 10.8 Å². The SMILES string of the molecule is CCC(C)C(NC(=O)C(CO)NC(=O)C(N)Cc1ccc(O)cc1)C(=O)NC(CS)C(=O)O. The Morgan fingerprint density at radius 3 is 2.06 bits per heavy atom. The summed E-state index contributed by atoms with van der Waals surface area (Å²) in [5.41, 5.74) is 6.58. The summed E-state index contributed by atoms with van der Waals surface area (Å²) < 4.78 is 0. The number of nitrogens with one attached hydrogen (secondary N) is 3. The molecule has 0 aliphatic carbocycles. The smallest absolute Gasteiger partial charge is 0.327 e. The van der Waals surface area contributed by atoms with Gasteiger partial charge in [-0.25, -0.2) is 4.79 Å². The van der Waals surface area contributed by atoms with Crippen molar-refractivity contribution in [1.29, 1.82) is 0 Å². The number of aliphatic hydroxyl groups excluding tert-OH is 1. The number of phenolic OH excluding ortho intramolecular Hbond substituents is 1. The van der Waals surface area contributed by atoms with E-state index in [2.05, 4.69) is 28.6 Å². The van der Waals surface area contributed by atoms with Gasteiger partial charge in [-0.05, 0) is 30.0 Å². The third-order valence-electron chi connectivity index (χ3n) is 5.13. The third-order valence-corrected chi connectivity index (χ3v) is 5.50. The van der Waals surface area contributed by atoms with Crippen LogP contribution in [0.2, 0.25) is 0 Å². The van der Waals surface area contributed by atoms with E-state index in [0.29, 0.717) is 12.0 Å². The molecule has 0 heterocycles. The molecule has 11 nitrogen and oxygen atoms in total. The number of thiol groups is 1. The first kappa shape index (κ1) is 28.2. The predicted molar refractivity (Wildman–Crippen MR) is 124 cm³/mol. The molecule has 0 saturated heterocycles. The molecule has 3 amide bonds. The first-order valence-corrected chi connectivity index (χ1v) is 11.1. The molecule has 0 saturated carbocycles. The highest BCUT2D eigenvalue weighted by Crippen LogP contribution is 2.11. The fourth-order valence-corrected chi connectivity index (χ4v) is 3.10. The number of carbonyl (C=O) groups excluding carboxylic acids is 3. The molecule has 0 aromatic heterocycles. The van der Waals surface area contributed by atoms with Crippen LogP contribution in [-0.4, -0.2) is 75.5 Å². The molecule has 1 aromatic rings. The first-order chi connectivity index (χ1) is 15.5. The van der Waals surface area contributed by atoms with E-state index in [-0.39, 0.29) is 23.8 Å². The van der Waals surface area contributed by atoms with Crippen molar-refractivity contribution >= 4 is 36.3 Å². The molecule has 1 aromatic carbocycles. The van der Waals surface area contributed by atoms with Gasteiger partial charge in [0.25, 0.3) is 0 Å². The van der Waals surface area contributed by atoms with Crippen molar-refractivity contribution in [2.75, 3.05) is 12.4 Å². The van der Waals surface area contributed by atoms with Crippen LogP contribution in [-0.2, 0) is 25.6 Å². The number of aliphatic hydroxyl groups is 1. The molecule has 12 heteroatoms. The molecule has 5 atom stereocenters. The summed E-state index contributed by atoms with van der Waals surface area (Å²) in [5, 5.41) is 35.2. The van der Waals surface area contributed by atoms with Gasteiger partial charge in [-0.15, -0.1) is 0 Å². The summed E-state index contributed by atoms with van der Waals surface area (Å²) in [6, 6.07) is 1.36. The monoisotopic (exact) mass is 484 g/mol. The molecule has 8 N–H and O–H groups in total. The van der Waals surface area contributed by atoms with Crippen molar-refractivity contribution in [3.05, 3.63) is 29.8 Å². The zero-order valence-corrected chi connectivity index (χ0v) is 19.4. The highest BCUT2D eigenvalue weighted by molar-refractivity contribution is 7.80. The highest BCUT2D eigenvalue weighted by atomic mass is 32.1. The Kier molecular flexibility index (Phi) is 11.7. The van der Waals surface area contributed by atoms with E-state index in [1.54, 1.807) is 26.0 Å². The Bertz CT molecular complexity index is 821. The second-order valence-corrected chi connectivity index (χ2v) is 8.04. The normalized spacial score (nSPS) is 15.4. The van der Waals surface area contributed by atoms with Gasteiger partial charge in [0.05, 0.1) is 12.6 Å². The standard InChI is InChI=1S/C21H32N4O7S/c1-3-11(2)17(20(30)24-16(10-33)21(31)32)25-19(29)15(9-26)23-18(28)14(22)8-12-4-6-13(27)7-5-12/h4-7,11,14-17,26-27,33H,3,8-10,22H2,1-2H3,(H,23,28)(H,24,30)(H,25,29)(H,31,32). The van der Waals surface area contributed by atoms with Gasteiger partial charge in [0.15, 0.2) is 0 Å². The van der Waals surface area contributed by atoms with E-state index in [1.165, 1.54) is 12.1 Å². The minimum absolute atomic E-state index is 0.0673. The number of amides is 3. The average molecular weight is 485 g/mol. The van der Waals surface area contributed by atoms with Crippen LogP contribution in [0.5, 0.6) is 5.75 Å². The van der Waals surface area contributed by atoms with Gasteiger partial charge in [-0.1, -0.05) is 32.4 Å². The largest absolute Gasteiger partial charge is 0.508 e. The topological polar surface area (TPSA) is 191 Å². The molecule has 0 bridgehead atoms. The maximum Gasteiger partial charge on any atom is 0.327 e. The quantitative estimate of drug-likeness (QED) is 0.160. The minimum atomic E-state index is -1.37. The number of phenols is 1. The van der Waals surface area contributed by atoms with Crippen molar-refractivity contribution in [1.82, 2.24) is 16.0 Å². The summed E-state index contributed by atoms with van der Waals surface area (Å²) in [7, 11) is 0. The Morgan fingerprint density at radius 1 is 1.00 bits per heavy atom. The molecule has 0 fully saturated rings. The number of carboxylic acid groups (broad SMARTS) is 1. The van der Waals surface area contributed by atoms with Gasteiger partial charge < -0.3 is 37.0 Å². The van der Waals surface area contributed by atoms with Gasteiger partial charge in [0, 0.05) is 5.75 Å². The lowest BCUT2D eigenvalue weighted by atomic mass is 9.97. The van der Waals surface area contributed by atoms with E-state index >= 15 is 0 Å². The Balaban J connectivity index is 2.82. The number of rotatable bonds is 13. The number of aromatic hydroxyl groups is 1. The van der Waals surface area contributed by atoms with Gasteiger partial charge in [-0.3, -0.25) is 14.4 Å². The second kappa shape index (κ2) is 13.7. The number of benzene rings is 1. The van der Waals surface area contributed by atoms with Gasteiger partial charge in [0.2, 0.25) is 17.7 Å². The van der Waals surface area contributed by atoms with Gasteiger partial charge >= 0.3 is 5.97 Å². The number of hydrogen-bond donors (Lipinski definition) is 8. The maximum absolute atomic E-state index is 12.7. The fraction of sp³-hybridized carbons (Fsp3) is 0.524. The summed E-state index contributed by atoms with van der Waals surface area (Å²) in [6.45, 7) is 2.74. The molecule has 0 aliphatic rings. The predicted octanol–water partition coefficient (Wildman–Crippen LogP) is -1.23. The Labute approximate surface area is 197 Å². The number of carbonyl (C=O) groups is 4. The molecule has 0 spiro atoms. The number of nitrogens with two attached hydrogens (primary N) is 1. The molecule has 0 radical (unpaired) electrons. The van der Waals surface area contributed by atoms with E-state index in [0.717, 1.165) is 0 Å². The lowest BCUT2D eigenvalue weighted by molar-refractivity contribution is -0.142. The molecule has 0 aliphatic heterocycles. The zero-order chi connectivity index (χ0) is 25.1. The van der Waals surface area contributed by atoms with Crippen LogP contribution >= 0.6 is 12.6 Å². The lowest BCUT2D eigenvalue weighted by Gasteiger charge is -2.27. The highest BCUT2D eigenvalue weighted by Gasteiger charge is 2.32. The van der Waals surface area contributed by atoms with Gasteiger partial charge in [0.1, 0.15) is 23.9 Å². The van der Waals surface area contributed by atoms with Crippen LogP contribution < -0.4 is 21.7 Å². The molecule has 33 heavy (non-hydrogen) atoms. The summed E-state index contributed by atoms with van der Waals surface area (Å²) >= 11 is 3.90. The third kappa shape index (κ3) is 8.91. The summed E-state index contributed by atoms with van der Waals surface area (Å²) in [4.78, 5) is 48.9. The van der Waals surface area contributed by atoms with Crippen LogP contribution in [0, 0.1) is 5.92 Å². The molecule has 184 valence electrons. The Morgan fingerprint density at radius 2 is 1.58 bits per heavy atom. The lowest BCUT2D eigenvalue weighted by Crippen LogP contribution is -2.59. The average Bonchev–Trinajstić information content (AvgIpc) is 2.79. The van der Waals surface area contributed by atoms with E-state index in [1.807, 2.05) is 0 Å². The van der Waals surface area contributed by atoms with Crippen LogP contribution in [0.15, 0.2) is 24.3 Å². The number of carboxylic acids is 1. The van der Waals surface area contributed by atoms with Crippen molar-refractivity contribution < 1.29 is 34.5 Å².